The normalized spacial score (nSPS) is 16.7. The molecule has 3 rings (SSSR count). The van der Waals surface area contributed by atoms with Crippen LogP contribution in [-0.2, 0) is 4.79 Å². The van der Waals surface area contributed by atoms with E-state index in [9.17, 15) is 14.4 Å². The van der Waals surface area contributed by atoms with Gasteiger partial charge in [0, 0.05) is 12.3 Å². The van der Waals surface area contributed by atoms with Gasteiger partial charge in [0.25, 0.3) is 5.56 Å². The van der Waals surface area contributed by atoms with Gasteiger partial charge >= 0.3 is 5.97 Å². The quantitative estimate of drug-likeness (QED) is 0.638. The molecule has 2 heterocycles. The summed E-state index contributed by atoms with van der Waals surface area (Å²) in [7, 11) is 0. The lowest BCUT2D eigenvalue weighted by Crippen LogP contribution is -2.31. The van der Waals surface area contributed by atoms with Gasteiger partial charge in [-0.25, -0.2) is 4.79 Å². The molecule has 1 unspecified atom stereocenters. The zero-order valence-electron chi connectivity index (χ0n) is 11.3. The van der Waals surface area contributed by atoms with Crippen molar-refractivity contribution in [3.8, 4) is 0 Å². The first-order valence-corrected chi connectivity index (χ1v) is 6.48. The third-order valence-corrected chi connectivity index (χ3v) is 3.53. The second-order valence-corrected chi connectivity index (χ2v) is 4.95. The van der Waals surface area contributed by atoms with Crippen LogP contribution < -0.4 is 16.6 Å². The molecule has 0 fully saturated rings. The predicted octanol–water partition coefficient (Wildman–Crippen LogP) is 0.524. The van der Waals surface area contributed by atoms with Gasteiger partial charge in [-0.05, 0) is 17.7 Å². The summed E-state index contributed by atoms with van der Waals surface area (Å²) in [5, 5.41) is 11.4. The van der Waals surface area contributed by atoms with E-state index in [0.29, 0.717) is 11.1 Å². The molecule has 112 valence electrons. The second kappa shape index (κ2) is 4.99. The number of aromatic carboxylic acids is 1. The number of nitrogens with two attached hydrogens (primary N) is 1. The standard InChI is InChI=1S/C14H12N4O4/c15-14-17-11-10(12(20)18-14)8(5-9(19)16-11)6-1-3-7(4-2-6)13(21)22/h1-4,8H,5H2,(H,21,22)(H4,15,16,17,18,19,20). The number of carbonyl (C=O) groups excluding carboxylic acids is 1. The molecule has 0 spiro atoms. The monoisotopic (exact) mass is 300 g/mol. The van der Waals surface area contributed by atoms with E-state index in [4.69, 9.17) is 10.8 Å². The molecular weight excluding hydrogens is 288 g/mol. The van der Waals surface area contributed by atoms with Crippen molar-refractivity contribution in [2.24, 2.45) is 0 Å². The van der Waals surface area contributed by atoms with Crippen LogP contribution in [0, 0.1) is 0 Å². The van der Waals surface area contributed by atoms with Crippen LogP contribution in [-0.4, -0.2) is 27.0 Å². The van der Waals surface area contributed by atoms with Crippen molar-refractivity contribution in [2.45, 2.75) is 12.3 Å². The third kappa shape index (κ3) is 2.30. The van der Waals surface area contributed by atoms with E-state index in [1.165, 1.54) is 12.1 Å². The first-order chi connectivity index (χ1) is 10.5. The number of fused-ring (bicyclic) bond motifs is 1. The molecule has 0 aliphatic carbocycles. The molecule has 0 bridgehead atoms. The van der Waals surface area contributed by atoms with Crippen LogP contribution in [0.2, 0.25) is 0 Å². The number of aromatic amines is 1. The van der Waals surface area contributed by atoms with Crippen LogP contribution in [0.1, 0.15) is 33.8 Å². The Kier molecular flexibility index (Phi) is 3.13. The Labute approximate surface area is 124 Å². The summed E-state index contributed by atoms with van der Waals surface area (Å²) >= 11 is 0. The Hall–Kier alpha value is -3.16. The van der Waals surface area contributed by atoms with Crippen molar-refractivity contribution in [1.29, 1.82) is 0 Å². The van der Waals surface area contributed by atoms with Crippen LogP contribution >= 0.6 is 0 Å². The van der Waals surface area contributed by atoms with Gasteiger partial charge < -0.3 is 16.2 Å². The average Bonchev–Trinajstić information content (AvgIpc) is 2.45. The molecule has 1 amide bonds. The fourth-order valence-corrected chi connectivity index (χ4v) is 2.53. The zero-order valence-corrected chi connectivity index (χ0v) is 11.3. The minimum Gasteiger partial charge on any atom is -0.478 e. The summed E-state index contributed by atoms with van der Waals surface area (Å²) < 4.78 is 0. The SMILES string of the molecule is Nc1nc2c(c(=O)[nH]1)C(c1ccc(C(=O)O)cc1)CC(=O)N2. The number of rotatable bonds is 2. The minimum atomic E-state index is -1.04. The maximum atomic E-state index is 12.1. The van der Waals surface area contributed by atoms with Crippen molar-refractivity contribution < 1.29 is 14.7 Å². The molecule has 5 N–H and O–H groups in total. The van der Waals surface area contributed by atoms with E-state index >= 15 is 0 Å². The number of carboxylic acids is 1. The van der Waals surface area contributed by atoms with E-state index in [1.807, 2.05) is 0 Å². The fourth-order valence-electron chi connectivity index (χ4n) is 2.53. The highest BCUT2D eigenvalue weighted by Gasteiger charge is 2.30. The van der Waals surface area contributed by atoms with Crippen molar-refractivity contribution in [2.75, 3.05) is 11.1 Å². The van der Waals surface area contributed by atoms with Gasteiger partial charge in [-0.2, -0.15) is 4.98 Å². The Morgan fingerprint density at radius 2 is 1.95 bits per heavy atom. The molecule has 8 heteroatoms. The predicted molar refractivity (Wildman–Crippen MR) is 77.8 cm³/mol. The molecule has 1 aliphatic rings. The number of hydrogen-bond acceptors (Lipinski definition) is 5. The summed E-state index contributed by atoms with van der Waals surface area (Å²) in [5.41, 5.74) is 6.18. The summed E-state index contributed by atoms with van der Waals surface area (Å²) in [6.07, 6.45) is 0.0775. The highest BCUT2D eigenvalue weighted by atomic mass is 16.4. The molecule has 2 aromatic rings. The van der Waals surface area contributed by atoms with E-state index in [-0.39, 0.29) is 29.7 Å². The number of carbonyl (C=O) groups is 2. The van der Waals surface area contributed by atoms with Crippen molar-refractivity contribution >= 4 is 23.6 Å². The van der Waals surface area contributed by atoms with Gasteiger partial charge in [0.15, 0.2) is 0 Å². The summed E-state index contributed by atoms with van der Waals surface area (Å²) in [6.45, 7) is 0. The zero-order chi connectivity index (χ0) is 15.9. The molecule has 0 radical (unpaired) electrons. The lowest BCUT2D eigenvalue weighted by molar-refractivity contribution is -0.116. The lowest BCUT2D eigenvalue weighted by Gasteiger charge is -2.24. The highest BCUT2D eigenvalue weighted by Crippen LogP contribution is 2.33. The molecule has 0 saturated carbocycles. The number of nitrogens with one attached hydrogen (secondary N) is 2. The lowest BCUT2D eigenvalue weighted by atomic mass is 9.86. The largest absolute Gasteiger partial charge is 0.478 e. The maximum absolute atomic E-state index is 12.1. The minimum absolute atomic E-state index is 0.0775. The van der Waals surface area contributed by atoms with E-state index in [2.05, 4.69) is 15.3 Å². The Balaban J connectivity index is 2.11. The van der Waals surface area contributed by atoms with Crippen LogP contribution in [0.5, 0.6) is 0 Å². The number of carboxylic acid groups (broad SMARTS) is 1. The smallest absolute Gasteiger partial charge is 0.335 e. The number of benzene rings is 1. The van der Waals surface area contributed by atoms with E-state index in [1.54, 1.807) is 12.1 Å². The van der Waals surface area contributed by atoms with Crippen LogP contribution in [0.15, 0.2) is 29.1 Å². The molecular formula is C14H12N4O4. The summed E-state index contributed by atoms with van der Waals surface area (Å²) in [5.74, 6) is -1.75. The van der Waals surface area contributed by atoms with Crippen LogP contribution in [0.4, 0.5) is 11.8 Å². The van der Waals surface area contributed by atoms with Crippen LogP contribution in [0.3, 0.4) is 0 Å². The van der Waals surface area contributed by atoms with E-state index in [0.717, 1.165) is 0 Å². The van der Waals surface area contributed by atoms with Gasteiger partial charge in [-0.3, -0.25) is 14.6 Å². The van der Waals surface area contributed by atoms with Gasteiger partial charge in [0.1, 0.15) is 5.82 Å². The highest BCUT2D eigenvalue weighted by molar-refractivity contribution is 5.94. The summed E-state index contributed by atoms with van der Waals surface area (Å²) in [4.78, 5) is 41.2. The molecule has 1 atom stereocenters. The molecule has 0 saturated heterocycles. The van der Waals surface area contributed by atoms with E-state index < -0.39 is 17.4 Å². The third-order valence-electron chi connectivity index (χ3n) is 3.53. The molecule has 22 heavy (non-hydrogen) atoms. The van der Waals surface area contributed by atoms with Gasteiger partial charge in [-0.15, -0.1) is 0 Å². The van der Waals surface area contributed by atoms with Crippen molar-refractivity contribution in [3.63, 3.8) is 0 Å². The molecule has 1 aliphatic heterocycles. The number of hydrogen-bond donors (Lipinski definition) is 4. The number of anilines is 2. The van der Waals surface area contributed by atoms with Gasteiger partial charge in [-0.1, -0.05) is 12.1 Å². The summed E-state index contributed by atoms with van der Waals surface area (Å²) in [6, 6.07) is 6.05. The Morgan fingerprint density at radius 3 is 2.59 bits per heavy atom. The molecule has 1 aromatic heterocycles. The topological polar surface area (TPSA) is 138 Å². The second-order valence-electron chi connectivity index (χ2n) is 4.95. The fraction of sp³-hybridized carbons (Fsp3) is 0.143. The number of H-pyrrole nitrogens is 1. The number of nitrogens with zero attached hydrogens (tertiary/aromatic N) is 1. The Bertz CT molecular complexity index is 826. The van der Waals surface area contributed by atoms with Crippen molar-refractivity contribution in [1.82, 2.24) is 9.97 Å². The van der Waals surface area contributed by atoms with Crippen LogP contribution in [0.25, 0.3) is 0 Å². The number of nitrogen functional groups attached to an aromatic ring is 1. The first kappa shape index (κ1) is 13.8. The maximum Gasteiger partial charge on any atom is 0.335 e. The number of amides is 1. The molecule has 8 nitrogen and oxygen atoms in total. The first-order valence-electron chi connectivity index (χ1n) is 6.48. The average molecular weight is 300 g/mol. The van der Waals surface area contributed by atoms with Gasteiger partial charge in [0.2, 0.25) is 11.9 Å². The molecule has 1 aromatic carbocycles. The Morgan fingerprint density at radius 1 is 1.27 bits per heavy atom. The number of aromatic nitrogens is 2. The van der Waals surface area contributed by atoms with Gasteiger partial charge in [0.05, 0.1) is 11.1 Å². The van der Waals surface area contributed by atoms with Crippen molar-refractivity contribution in [3.05, 3.63) is 51.3 Å².